The molecular weight excluding hydrogens is 580 g/mol. The van der Waals surface area contributed by atoms with Crippen molar-refractivity contribution in [3.63, 3.8) is 0 Å². The first-order valence-electron chi connectivity index (χ1n) is 14.6. The molecule has 43 heavy (non-hydrogen) atoms. The third kappa shape index (κ3) is 6.15. The molecule has 10 heteroatoms. The van der Waals surface area contributed by atoms with Gasteiger partial charge in [0.2, 0.25) is 5.82 Å². The molecular formula is C33H43FN2O5Si2. The second-order valence-corrected chi connectivity index (χ2v) is 22.9. The van der Waals surface area contributed by atoms with Gasteiger partial charge < -0.3 is 13.6 Å². The van der Waals surface area contributed by atoms with Crippen LogP contribution in [0, 0.1) is 18.2 Å². The molecule has 1 fully saturated rings. The van der Waals surface area contributed by atoms with Gasteiger partial charge in [0.1, 0.15) is 6.23 Å². The Kier molecular flexibility index (Phi) is 9.00. The third-order valence-electron chi connectivity index (χ3n) is 8.92. The molecule has 1 aliphatic rings. The van der Waals surface area contributed by atoms with Crippen LogP contribution in [0.3, 0.4) is 0 Å². The first-order valence-corrected chi connectivity index (χ1v) is 19.4. The Bertz CT molecular complexity index is 1550. The molecule has 1 N–H and O–H groups in total. The fraction of sp³-hybridized carbons (Fsp3) is 0.455. The van der Waals surface area contributed by atoms with Crippen molar-refractivity contribution in [3.05, 3.63) is 93.5 Å². The van der Waals surface area contributed by atoms with E-state index in [0.29, 0.717) is 0 Å². The van der Waals surface area contributed by atoms with Gasteiger partial charge in [-0.05, 0) is 33.5 Å². The van der Waals surface area contributed by atoms with E-state index in [-0.39, 0.29) is 23.1 Å². The summed E-state index contributed by atoms with van der Waals surface area (Å²) in [7, 11) is -5.45. The number of ether oxygens (including phenoxy) is 1. The number of benzene rings is 2. The lowest BCUT2D eigenvalue weighted by Gasteiger charge is -2.46. The van der Waals surface area contributed by atoms with Crippen LogP contribution in [0.15, 0.2) is 76.4 Å². The molecule has 0 aliphatic carbocycles. The summed E-state index contributed by atoms with van der Waals surface area (Å²) >= 11 is 0. The third-order valence-corrected chi connectivity index (χ3v) is 18.4. The minimum atomic E-state index is -3.03. The number of halogens is 1. The van der Waals surface area contributed by atoms with Crippen molar-refractivity contribution < 1.29 is 18.0 Å². The summed E-state index contributed by atoms with van der Waals surface area (Å²) < 4.78 is 36.1. The quantitative estimate of drug-likeness (QED) is 0.285. The van der Waals surface area contributed by atoms with Crippen molar-refractivity contribution in [2.45, 2.75) is 89.1 Å². The minimum Gasteiger partial charge on any atom is -0.410 e. The lowest BCUT2D eigenvalue weighted by molar-refractivity contribution is -0.0857. The summed E-state index contributed by atoms with van der Waals surface area (Å²) in [5.74, 6) is 1.77. The molecule has 0 saturated carbocycles. The Morgan fingerprint density at radius 2 is 1.53 bits per heavy atom. The fourth-order valence-corrected chi connectivity index (χ4v) is 11.5. The minimum absolute atomic E-state index is 0.0207. The van der Waals surface area contributed by atoms with Crippen molar-refractivity contribution in [1.82, 2.24) is 9.55 Å². The van der Waals surface area contributed by atoms with E-state index in [4.69, 9.17) is 20.0 Å². The number of H-pyrrole nitrogens is 1. The topological polar surface area (TPSA) is 82.5 Å². The van der Waals surface area contributed by atoms with E-state index >= 15 is 0 Å². The average Bonchev–Trinajstić information content (AvgIpc) is 3.28. The monoisotopic (exact) mass is 622 g/mol. The van der Waals surface area contributed by atoms with Gasteiger partial charge in [-0.2, -0.15) is 4.39 Å². The molecule has 3 atom stereocenters. The Balaban J connectivity index is 1.85. The van der Waals surface area contributed by atoms with Gasteiger partial charge in [0, 0.05) is 6.42 Å². The highest BCUT2D eigenvalue weighted by molar-refractivity contribution is 6.99. The summed E-state index contributed by atoms with van der Waals surface area (Å²) in [5.41, 5.74) is -3.28. The first kappa shape index (κ1) is 32.8. The molecule has 230 valence electrons. The molecule has 0 bridgehead atoms. The van der Waals surface area contributed by atoms with E-state index in [0.717, 1.165) is 21.1 Å². The Labute approximate surface area is 255 Å². The van der Waals surface area contributed by atoms with Crippen LogP contribution in [0.5, 0.6) is 0 Å². The number of terminal acetylenes is 1. The highest BCUT2D eigenvalue weighted by Crippen LogP contribution is 2.46. The van der Waals surface area contributed by atoms with E-state index in [1.54, 1.807) is 0 Å². The van der Waals surface area contributed by atoms with Crippen LogP contribution in [-0.2, 0) is 13.6 Å². The van der Waals surface area contributed by atoms with Crippen molar-refractivity contribution >= 4 is 27.0 Å². The molecule has 0 unspecified atom stereocenters. The van der Waals surface area contributed by atoms with Crippen molar-refractivity contribution in [2.75, 3.05) is 6.61 Å². The summed E-state index contributed by atoms with van der Waals surface area (Å²) in [6.07, 6.45) is 5.71. The molecule has 0 spiro atoms. The first-order chi connectivity index (χ1) is 20.0. The predicted molar refractivity (Wildman–Crippen MR) is 173 cm³/mol. The molecule has 1 saturated heterocycles. The smallest absolute Gasteiger partial charge is 0.330 e. The van der Waals surface area contributed by atoms with Crippen LogP contribution in [-0.4, -0.2) is 44.5 Å². The van der Waals surface area contributed by atoms with E-state index in [1.165, 1.54) is 0 Å². The standard InChI is InChI=1S/C33H43FN2O5Si2/c1-10-33(23-39-43(32(5,6)7,24-17-13-11-14-18-24)25-19-15-12-16-20-25)27(41-42(8,9)31(2,3)4)21-28(40-33)36-22-26(34)29(37)35-30(36)38/h1,11-20,22,27-28H,21,23H2,2-9H3,(H,35,37,38)/t27-,28+,33+/m0/s1. The van der Waals surface area contributed by atoms with Gasteiger partial charge in [-0.3, -0.25) is 14.3 Å². The van der Waals surface area contributed by atoms with Crippen molar-refractivity contribution in [2.24, 2.45) is 0 Å². The fourth-order valence-electron chi connectivity index (χ4n) is 5.53. The van der Waals surface area contributed by atoms with Gasteiger partial charge in [0.25, 0.3) is 13.9 Å². The second kappa shape index (κ2) is 11.8. The second-order valence-electron chi connectivity index (χ2n) is 13.8. The number of hydrogen-bond donors (Lipinski definition) is 1. The number of rotatable bonds is 8. The summed E-state index contributed by atoms with van der Waals surface area (Å²) in [6.45, 7) is 17.1. The molecule has 0 radical (unpaired) electrons. The molecule has 0 amide bonds. The van der Waals surface area contributed by atoms with Gasteiger partial charge in [-0.1, -0.05) is 108 Å². The summed E-state index contributed by atoms with van der Waals surface area (Å²) in [5, 5.41) is 1.69. The van der Waals surface area contributed by atoms with Gasteiger partial charge >= 0.3 is 5.69 Å². The number of aromatic nitrogens is 2. The number of nitrogens with one attached hydrogen (secondary N) is 1. The van der Waals surface area contributed by atoms with E-state index in [2.05, 4.69) is 84.8 Å². The largest absolute Gasteiger partial charge is 0.410 e. The van der Waals surface area contributed by atoms with Crippen LogP contribution < -0.4 is 21.6 Å². The normalized spacial score (nSPS) is 21.5. The molecule has 3 aromatic rings. The Morgan fingerprint density at radius 1 is 1.00 bits per heavy atom. The summed E-state index contributed by atoms with van der Waals surface area (Å²) in [6, 6.07) is 20.4. The highest BCUT2D eigenvalue weighted by atomic mass is 28.4. The number of nitrogens with zero attached hydrogens (tertiary/aromatic N) is 1. The molecule has 2 aromatic carbocycles. The predicted octanol–water partition coefficient (Wildman–Crippen LogP) is 4.93. The molecule has 1 aliphatic heterocycles. The van der Waals surface area contributed by atoms with Crippen LogP contribution in [0.25, 0.3) is 0 Å². The zero-order chi connectivity index (χ0) is 31.8. The molecule has 4 rings (SSSR count). The van der Waals surface area contributed by atoms with Crippen molar-refractivity contribution in [3.8, 4) is 12.3 Å². The Morgan fingerprint density at radius 3 is 2.00 bits per heavy atom. The zero-order valence-electron chi connectivity index (χ0n) is 26.4. The van der Waals surface area contributed by atoms with Crippen LogP contribution in [0.2, 0.25) is 23.2 Å². The van der Waals surface area contributed by atoms with Gasteiger partial charge in [-0.25, -0.2) is 4.79 Å². The van der Waals surface area contributed by atoms with E-state index in [1.807, 2.05) is 41.4 Å². The van der Waals surface area contributed by atoms with Gasteiger partial charge in [-0.15, -0.1) is 6.42 Å². The number of aromatic amines is 1. The van der Waals surface area contributed by atoms with Crippen LogP contribution in [0.4, 0.5) is 4.39 Å². The Hall–Kier alpha value is -3.08. The lowest BCUT2D eigenvalue weighted by atomic mass is 9.99. The number of hydrogen-bond acceptors (Lipinski definition) is 5. The zero-order valence-corrected chi connectivity index (χ0v) is 28.4. The van der Waals surface area contributed by atoms with Gasteiger partial charge in [0.05, 0.1) is 18.9 Å². The molecule has 7 nitrogen and oxygen atoms in total. The van der Waals surface area contributed by atoms with Crippen LogP contribution >= 0.6 is 0 Å². The molecule has 2 heterocycles. The maximum Gasteiger partial charge on any atom is 0.330 e. The highest BCUT2D eigenvalue weighted by Gasteiger charge is 2.57. The maximum absolute atomic E-state index is 14.4. The maximum atomic E-state index is 14.4. The SMILES string of the molecule is C#C[C@]1(CO[Si](c2ccccc2)(c2ccccc2)C(C)(C)C)O[C@@H](n2cc(F)c(=O)[nH]c2=O)C[C@@H]1O[Si](C)(C)C(C)(C)C. The molecule has 1 aromatic heterocycles. The van der Waals surface area contributed by atoms with E-state index in [9.17, 15) is 14.0 Å². The van der Waals surface area contributed by atoms with E-state index < -0.39 is 51.6 Å². The lowest BCUT2D eigenvalue weighted by Crippen LogP contribution is -2.68. The van der Waals surface area contributed by atoms with Gasteiger partial charge in [0.15, 0.2) is 13.9 Å². The average molecular weight is 623 g/mol. The van der Waals surface area contributed by atoms with Crippen LogP contribution in [0.1, 0.15) is 54.2 Å². The summed E-state index contributed by atoms with van der Waals surface area (Å²) in [4.78, 5) is 26.6. The van der Waals surface area contributed by atoms with Crippen molar-refractivity contribution in [1.29, 1.82) is 0 Å².